The van der Waals surface area contributed by atoms with Gasteiger partial charge in [-0.25, -0.2) is 4.98 Å². The maximum absolute atomic E-state index is 12.2. The lowest BCUT2D eigenvalue weighted by Gasteiger charge is -2.36. The van der Waals surface area contributed by atoms with Gasteiger partial charge in [0.05, 0.1) is 11.7 Å². The fraction of sp³-hybridized carbons (Fsp3) is 0.692. The van der Waals surface area contributed by atoms with Crippen LogP contribution in [0.4, 0.5) is 5.13 Å². The number of carbonyl (C=O) groups is 1. The molecule has 2 heterocycles. The number of amides is 1. The molecule has 0 spiro atoms. The largest absolute Gasteiger partial charge is 0.345 e. The van der Waals surface area contributed by atoms with Crippen molar-refractivity contribution in [3.63, 3.8) is 0 Å². The monoisotopic (exact) mass is 282 g/mol. The van der Waals surface area contributed by atoms with Gasteiger partial charge in [0.2, 0.25) is 5.91 Å². The molecule has 6 heteroatoms. The highest BCUT2D eigenvalue weighted by Crippen LogP contribution is 2.21. The Hall–Kier alpha value is -1.14. The lowest BCUT2D eigenvalue weighted by molar-refractivity contribution is -0.133. The van der Waals surface area contributed by atoms with Crippen LogP contribution in [0.15, 0.2) is 5.38 Å². The van der Waals surface area contributed by atoms with Crippen molar-refractivity contribution >= 4 is 22.4 Å². The number of nitrogens with two attached hydrogens (primary N) is 1. The summed E-state index contributed by atoms with van der Waals surface area (Å²) in [6.45, 7) is 9.11. The third-order valence-electron chi connectivity index (χ3n) is 3.47. The summed E-state index contributed by atoms with van der Waals surface area (Å²) < 4.78 is 0. The Balaban J connectivity index is 1.90. The van der Waals surface area contributed by atoms with E-state index < -0.39 is 0 Å². The third kappa shape index (κ3) is 3.25. The van der Waals surface area contributed by atoms with Crippen molar-refractivity contribution in [3.05, 3.63) is 11.1 Å². The molecule has 1 aromatic heterocycles. The summed E-state index contributed by atoms with van der Waals surface area (Å²) in [5.41, 5.74) is 6.98. The molecule has 0 unspecified atom stereocenters. The molecular weight excluding hydrogens is 260 g/mol. The second kappa shape index (κ2) is 5.88. The molecule has 0 aliphatic carbocycles. The number of aromatic nitrogens is 1. The number of anilines is 1. The number of hydrogen-bond acceptors (Lipinski definition) is 5. The van der Waals surface area contributed by atoms with E-state index in [1.165, 1.54) is 0 Å². The first-order chi connectivity index (χ1) is 8.99. The number of carbonyl (C=O) groups excluding carboxylic acids is 1. The standard InChI is InChI=1S/C13H22N4OS/c1-9(2)11(14)12(18)16-4-6-17(7-5-16)13-15-10(3)8-19-13/h8-9,11H,4-7,14H2,1-3H3/t11-/m0/s1. The predicted molar refractivity (Wildman–Crippen MR) is 78.5 cm³/mol. The van der Waals surface area contributed by atoms with Gasteiger partial charge in [-0.15, -0.1) is 11.3 Å². The summed E-state index contributed by atoms with van der Waals surface area (Å²) >= 11 is 1.66. The summed E-state index contributed by atoms with van der Waals surface area (Å²) in [5.74, 6) is 0.261. The number of nitrogens with zero attached hydrogens (tertiary/aromatic N) is 3. The molecule has 0 saturated carbocycles. The number of aryl methyl sites for hydroxylation is 1. The van der Waals surface area contributed by atoms with Crippen LogP contribution >= 0.6 is 11.3 Å². The molecule has 1 aliphatic heterocycles. The number of piperazine rings is 1. The van der Waals surface area contributed by atoms with Gasteiger partial charge in [0, 0.05) is 31.6 Å². The average molecular weight is 282 g/mol. The predicted octanol–water partition coefficient (Wildman–Crippen LogP) is 1.08. The first-order valence-electron chi connectivity index (χ1n) is 6.70. The minimum Gasteiger partial charge on any atom is -0.345 e. The molecule has 1 aromatic rings. The molecule has 0 radical (unpaired) electrons. The van der Waals surface area contributed by atoms with Crippen molar-refractivity contribution in [1.29, 1.82) is 0 Å². The molecule has 2 N–H and O–H groups in total. The first kappa shape index (κ1) is 14.3. The van der Waals surface area contributed by atoms with Gasteiger partial charge in [-0.1, -0.05) is 13.8 Å². The van der Waals surface area contributed by atoms with Gasteiger partial charge < -0.3 is 15.5 Å². The van der Waals surface area contributed by atoms with Crippen LogP contribution in [0.1, 0.15) is 19.5 Å². The van der Waals surface area contributed by atoms with E-state index in [4.69, 9.17) is 5.73 Å². The van der Waals surface area contributed by atoms with Crippen LogP contribution < -0.4 is 10.6 Å². The zero-order valence-electron chi connectivity index (χ0n) is 11.8. The summed E-state index contributed by atoms with van der Waals surface area (Å²) in [4.78, 5) is 20.8. The Kier molecular flexibility index (Phi) is 4.42. The molecular formula is C13H22N4OS. The maximum atomic E-state index is 12.2. The van der Waals surface area contributed by atoms with Gasteiger partial charge >= 0.3 is 0 Å². The Morgan fingerprint density at radius 3 is 2.47 bits per heavy atom. The van der Waals surface area contributed by atoms with Gasteiger partial charge in [0.25, 0.3) is 0 Å². The van der Waals surface area contributed by atoms with Crippen LogP contribution in [-0.2, 0) is 4.79 Å². The topological polar surface area (TPSA) is 62.5 Å². The van der Waals surface area contributed by atoms with Crippen molar-refractivity contribution in [2.24, 2.45) is 11.7 Å². The Morgan fingerprint density at radius 1 is 1.37 bits per heavy atom. The smallest absolute Gasteiger partial charge is 0.239 e. The van der Waals surface area contributed by atoms with Crippen LogP contribution in [0, 0.1) is 12.8 Å². The zero-order valence-corrected chi connectivity index (χ0v) is 12.6. The number of thiazole rings is 1. The van der Waals surface area contributed by atoms with Crippen LogP contribution in [0.5, 0.6) is 0 Å². The van der Waals surface area contributed by atoms with E-state index in [1.807, 2.05) is 25.7 Å². The van der Waals surface area contributed by atoms with E-state index in [-0.39, 0.29) is 17.9 Å². The van der Waals surface area contributed by atoms with E-state index in [0.29, 0.717) is 0 Å². The van der Waals surface area contributed by atoms with Gasteiger partial charge in [-0.3, -0.25) is 4.79 Å². The maximum Gasteiger partial charge on any atom is 0.239 e. The number of hydrogen-bond donors (Lipinski definition) is 1. The van der Waals surface area contributed by atoms with Gasteiger partial charge in [0.1, 0.15) is 0 Å². The summed E-state index contributed by atoms with van der Waals surface area (Å²) in [5, 5.41) is 3.11. The molecule has 0 aromatic carbocycles. The van der Waals surface area contributed by atoms with Crippen molar-refractivity contribution in [2.45, 2.75) is 26.8 Å². The highest BCUT2D eigenvalue weighted by Gasteiger charge is 2.27. The van der Waals surface area contributed by atoms with Crippen molar-refractivity contribution in [3.8, 4) is 0 Å². The zero-order chi connectivity index (χ0) is 14.0. The molecule has 2 rings (SSSR count). The van der Waals surface area contributed by atoms with Gasteiger partial charge in [0.15, 0.2) is 5.13 Å². The molecule has 106 valence electrons. The Labute approximate surface area is 118 Å². The first-order valence-corrected chi connectivity index (χ1v) is 7.58. The third-order valence-corrected chi connectivity index (χ3v) is 4.49. The second-order valence-electron chi connectivity index (χ2n) is 5.35. The van der Waals surface area contributed by atoms with E-state index in [1.54, 1.807) is 11.3 Å². The minimum atomic E-state index is -0.381. The Bertz CT molecular complexity index is 438. The molecule has 1 fully saturated rings. The minimum absolute atomic E-state index is 0.0740. The normalized spacial score (nSPS) is 17.9. The molecule has 5 nitrogen and oxygen atoms in total. The summed E-state index contributed by atoms with van der Waals surface area (Å²) in [7, 11) is 0. The fourth-order valence-corrected chi connectivity index (χ4v) is 2.96. The highest BCUT2D eigenvalue weighted by molar-refractivity contribution is 7.13. The van der Waals surface area contributed by atoms with Crippen molar-refractivity contribution in [1.82, 2.24) is 9.88 Å². The van der Waals surface area contributed by atoms with E-state index in [9.17, 15) is 4.79 Å². The molecule has 1 atom stereocenters. The summed E-state index contributed by atoms with van der Waals surface area (Å²) in [6, 6.07) is -0.381. The van der Waals surface area contributed by atoms with Gasteiger partial charge in [-0.2, -0.15) is 0 Å². The van der Waals surface area contributed by atoms with E-state index in [2.05, 4.69) is 15.3 Å². The van der Waals surface area contributed by atoms with Crippen LogP contribution in [-0.4, -0.2) is 48.0 Å². The second-order valence-corrected chi connectivity index (χ2v) is 6.19. The summed E-state index contributed by atoms with van der Waals surface area (Å²) in [6.07, 6.45) is 0. The molecule has 0 bridgehead atoms. The van der Waals surface area contributed by atoms with Crippen LogP contribution in [0.3, 0.4) is 0 Å². The molecule has 1 amide bonds. The molecule has 19 heavy (non-hydrogen) atoms. The van der Waals surface area contributed by atoms with Gasteiger partial charge in [-0.05, 0) is 12.8 Å². The van der Waals surface area contributed by atoms with Crippen molar-refractivity contribution in [2.75, 3.05) is 31.1 Å². The highest BCUT2D eigenvalue weighted by atomic mass is 32.1. The average Bonchev–Trinajstić information content (AvgIpc) is 2.84. The lowest BCUT2D eigenvalue weighted by Crippen LogP contribution is -2.54. The van der Waals surface area contributed by atoms with Crippen LogP contribution in [0.25, 0.3) is 0 Å². The quantitative estimate of drug-likeness (QED) is 0.901. The molecule has 1 saturated heterocycles. The molecule has 1 aliphatic rings. The Morgan fingerprint density at radius 2 is 2.00 bits per heavy atom. The van der Waals surface area contributed by atoms with E-state index in [0.717, 1.165) is 37.0 Å². The SMILES string of the molecule is Cc1csc(N2CCN(C(=O)[C@@H](N)C(C)C)CC2)n1. The van der Waals surface area contributed by atoms with Crippen molar-refractivity contribution < 1.29 is 4.79 Å². The van der Waals surface area contributed by atoms with Crippen LogP contribution in [0.2, 0.25) is 0 Å². The number of rotatable bonds is 3. The fourth-order valence-electron chi connectivity index (χ4n) is 2.10. The van der Waals surface area contributed by atoms with E-state index >= 15 is 0 Å². The lowest BCUT2D eigenvalue weighted by atomic mass is 10.0.